The summed E-state index contributed by atoms with van der Waals surface area (Å²) in [5.41, 5.74) is -0.440. The van der Waals surface area contributed by atoms with E-state index in [-0.39, 0.29) is 23.7 Å². The van der Waals surface area contributed by atoms with Gasteiger partial charge in [0.25, 0.3) is 0 Å². The highest BCUT2D eigenvalue weighted by Crippen LogP contribution is 2.23. The molecule has 1 unspecified atom stereocenters. The van der Waals surface area contributed by atoms with Crippen molar-refractivity contribution in [3.63, 3.8) is 0 Å². The molecule has 0 aliphatic carbocycles. The summed E-state index contributed by atoms with van der Waals surface area (Å²) in [5, 5.41) is 9.29. The standard InChI is InChI=1S/C13H28O3/c1-7-13(6,8-14)10-16-12(4,5)9-15-11(2)3/h11,14H,7-10H2,1-6H3. The molecule has 1 N–H and O–H groups in total. The molecule has 0 aromatic carbocycles. The van der Waals surface area contributed by atoms with E-state index >= 15 is 0 Å². The van der Waals surface area contributed by atoms with Gasteiger partial charge < -0.3 is 14.6 Å². The second-order valence-electron chi connectivity index (χ2n) is 5.73. The summed E-state index contributed by atoms with van der Waals surface area (Å²) in [6.07, 6.45) is 1.13. The van der Waals surface area contributed by atoms with Crippen LogP contribution in [-0.4, -0.2) is 36.6 Å². The minimum Gasteiger partial charge on any atom is -0.396 e. The van der Waals surface area contributed by atoms with Gasteiger partial charge in [0, 0.05) is 5.41 Å². The van der Waals surface area contributed by atoms with Crippen LogP contribution in [0.2, 0.25) is 0 Å². The van der Waals surface area contributed by atoms with Crippen molar-refractivity contribution in [1.82, 2.24) is 0 Å². The van der Waals surface area contributed by atoms with Crippen LogP contribution in [0.4, 0.5) is 0 Å². The molecule has 0 bridgehead atoms. The molecular weight excluding hydrogens is 204 g/mol. The highest BCUT2D eigenvalue weighted by Gasteiger charge is 2.27. The zero-order chi connectivity index (χ0) is 12.8. The molecule has 0 fully saturated rings. The van der Waals surface area contributed by atoms with Crippen LogP contribution in [-0.2, 0) is 9.47 Å². The lowest BCUT2D eigenvalue weighted by molar-refractivity contribution is -0.117. The quantitative estimate of drug-likeness (QED) is 0.699. The summed E-state index contributed by atoms with van der Waals surface area (Å²) < 4.78 is 11.4. The molecule has 1 atom stereocenters. The first-order valence-corrected chi connectivity index (χ1v) is 6.11. The van der Waals surface area contributed by atoms with E-state index in [1.807, 2.05) is 34.6 Å². The second kappa shape index (κ2) is 6.58. The number of aliphatic hydroxyl groups excluding tert-OH is 1. The maximum atomic E-state index is 9.29. The maximum Gasteiger partial charge on any atom is 0.0859 e. The Morgan fingerprint density at radius 3 is 2.06 bits per heavy atom. The van der Waals surface area contributed by atoms with Crippen LogP contribution in [0.15, 0.2) is 0 Å². The average Bonchev–Trinajstić information content (AvgIpc) is 2.24. The van der Waals surface area contributed by atoms with Gasteiger partial charge >= 0.3 is 0 Å². The Bertz CT molecular complexity index is 184. The monoisotopic (exact) mass is 232 g/mol. The van der Waals surface area contributed by atoms with Gasteiger partial charge in [-0.15, -0.1) is 0 Å². The van der Waals surface area contributed by atoms with E-state index in [4.69, 9.17) is 9.47 Å². The van der Waals surface area contributed by atoms with Gasteiger partial charge in [-0.25, -0.2) is 0 Å². The fraction of sp³-hybridized carbons (Fsp3) is 1.00. The molecule has 3 nitrogen and oxygen atoms in total. The predicted octanol–water partition coefficient (Wildman–Crippen LogP) is 2.62. The van der Waals surface area contributed by atoms with E-state index in [1.165, 1.54) is 0 Å². The van der Waals surface area contributed by atoms with Gasteiger partial charge in [0.1, 0.15) is 0 Å². The molecule has 3 heteroatoms. The summed E-state index contributed by atoms with van der Waals surface area (Å²) >= 11 is 0. The Morgan fingerprint density at radius 2 is 1.69 bits per heavy atom. The van der Waals surface area contributed by atoms with E-state index in [0.717, 1.165) is 6.42 Å². The predicted molar refractivity (Wildman–Crippen MR) is 66.6 cm³/mol. The second-order valence-corrected chi connectivity index (χ2v) is 5.73. The van der Waals surface area contributed by atoms with Gasteiger partial charge in [-0.3, -0.25) is 0 Å². The highest BCUT2D eigenvalue weighted by atomic mass is 16.5. The van der Waals surface area contributed by atoms with Gasteiger partial charge in [0.15, 0.2) is 0 Å². The molecule has 16 heavy (non-hydrogen) atoms. The lowest BCUT2D eigenvalue weighted by atomic mass is 9.89. The normalized spacial score (nSPS) is 16.5. The largest absolute Gasteiger partial charge is 0.396 e. The number of aliphatic hydroxyl groups is 1. The van der Waals surface area contributed by atoms with Gasteiger partial charge in [0.2, 0.25) is 0 Å². The van der Waals surface area contributed by atoms with Crippen LogP contribution in [0.25, 0.3) is 0 Å². The molecule has 0 aliphatic heterocycles. The fourth-order valence-corrected chi connectivity index (χ4v) is 1.04. The third-order valence-electron chi connectivity index (χ3n) is 2.81. The van der Waals surface area contributed by atoms with E-state index in [9.17, 15) is 5.11 Å². The summed E-state index contributed by atoms with van der Waals surface area (Å²) in [7, 11) is 0. The molecular formula is C13H28O3. The van der Waals surface area contributed by atoms with Crippen LogP contribution in [0.1, 0.15) is 48.0 Å². The van der Waals surface area contributed by atoms with Crippen molar-refractivity contribution in [2.45, 2.75) is 59.7 Å². The Labute approximate surface area is 100 Å². The molecule has 0 amide bonds. The zero-order valence-corrected chi connectivity index (χ0v) is 11.7. The lowest BCUT2D eigenvalue weighted by Gasteiger charge is -2.32. The fourth-order valence-electron chi connectivity index (χ4n) is 1.04. The first-order valence-electron chi connectivity index (χ1n) is 6.11. The number of hydrogen-bond donors (Lipinski definition) is 1. The van der Waals surface area contributed by atoms with Crippen molar-refractivity contribution in [3.05, 3.63) is 0 Å². The molecule has 0 spiro atoms. The molecule has 0 rings (SSSR count). The van der Waals surface area contributed by atoms with E-state index in [0.29, 0.717) is 13.2 Å². The third kappa shape index (κ3) is 6.46. The molecule has 0 aliphatic rings. The van der Waals surface area contributed by atoms with Crippen molar-refractivity contribution >= 4 is 0 Å². The van der Waals surface area contributed by atoms with Crippen LogP contribution in [0, 0.1) is 5.41 Å². The van der Waals surface area contributed by atoms with Crippen molar-refractivity contribution in [3.8, 4) is 0 Å². The van der Waals surface area contributed by atoms with Crippen molar-refractivity contribution < 1.29 is 14.6 Å². The zero-order valence-electron chi connectivity index (χ0n) is 11.7. The average molecular weight is 232 g/mol. The number of rotatable bonds is 8. The van der Waals surface area contributed by atoms with E-state index in [2.05, 4.69) is 6.92 Å². The van der Waals surface area contributed by atoms with Gasteiger partial charge in [-0.2, -0.15) is 0 Å². The summed E-state index contributed by atoms with van der Waals surface area (Å²) in [5.74, 6) is 0. The van der Waals surface area contributed by atoms with Crippen LogP contribution in [0.3, 0.4) is 0 Å². The molecule has 0 aromatic heterocycles. The Balaban J connectivity index is 4.06. The van der Waals surface area contributed by atoms with Crippen molar-refractivity contribution in [2.75, 3.05) is 19.8 Å². The van der Waals surface area contributed by atoms with Crippen LogP contribution < -0.4 is 0 Å². The van der Waals surface area contributed by atoms with Gasteiger partial charge in [-0.1, -0.05) is 13.8 Å². The Hall–Kier alpha value is -0.120. The van der Waals surface area contributed by atoms with Gasteiger partial charge in [0.05, 0.1) is 31.5 Å². The number of hydrogen-bond acceptors (Lipinski definition) is 3. The Kier molecular flexibility index (Phi) is 6.53. The van der Waals surface area contributed by atoms with Crippen molar-refractivity contribution in [2.24, 2.45) is 5.41 Å². The molecule has 0 radical (unpaired) electrons. The smallest absolute Gasteiger partial charge is 0.0859 e. The number of ether oxygens (including phenoxy) is 2. The van der Waals surface area contributed by atoms with Crippen molar-refractivity contribution in [1.29, 1.82) is 0 Å². The van der Waals surface area contributed by atoms with Crippen LogP contribution >= 0.6 is 0 Å². The Morgan fingerprint density at radius 1 is 1.12 bits per heavy atom. The minimum absolute atomic E-state index is 0.144. The third-order valence-corrected chi connectivity index (χ3v) is 2.81. The van der Waals surface area contributed by atoms with Gasteiger partial charge in [-0.05, 0) is 34.1 Å². The molecule has 0 aromatic rings. The first-order chi connectivity index (χ1) is 7.24. The highest BCUT2D eigenvalue weighted by molar-refractivity contribution is 4.75. The summed E-state index contributed by atoms with van der Waals surface area (Å²) in [4.78, 5) is 0. The van der Waals surface area contributed by atoms with E-state index < -0.39 is 0 Å². The topological polar surface area (TPSA) is 38.7 Å². The molecule has 98 valence electrons. The SMILES string of the molecule is CCC(C)(CO)COC(C)(C)COC(C)C. The maximum absolute atomic E-state index is 9.29. The minimum atomic E-state index is -0.296. The van der Waals surface area contributed by atoms with Crippen LogP contribution in [0.5, 0.6) is 0 Å². The molecule has 0 saturated carbocycles. The first kappa shape index (κ1) is 15.9. The lowest BCUT2D eigenvalue weighted by Crippen LogP contribution is -2.37. The molecule has 0 heterocycles. The van der Waals surface area contributed by atoms with E-state index in [1.54, 1.807) is 0 Å². The summed E-state index contributed by atoms with van der Waals surface area (Å²) in [6.45, 7) is 13.5. The molecule has 0 saturated heterocycles. The summed E-state index contributed by atoms with van der Waals surface area (Å²) in [6, 6.07) is 0.